The van der Waals surface area contributed by atoms with Gasteiger partial charge in [0, 0.05) is 12.0 Å². The van der Waals surface area contributed by atoms with E-state index in [1.807, 2.05) is 32.0 Å². The van der Waals surface area contributed by atoms with E-state index in [1.54, 1.807) is 12.1 Å². The number of hydrogen-bond acceptors (Lipinski definition) is 1. The van der Waals surface area contributed by atoms with Crippen LogP contribution in [0.15, 0.2) is 36.4 Å². The first-order chi connectivity index (χ1) is 9.47. The highest BCUT2D eigenvalue weighted by Gasteiger charge is 2.10. The molecule has 2 nitrogen and oxygen atoms in total. The minimum atomic E-state index is -0.845. The van der Waals surface area contributed by atoms with Crippen molar-refractivity contribution in [2.75, 3.05) is 0 Å². The van der Waals surface area contributed by atoms with E-state index in [0.29, 0.717) is 12.0 Å². The largest absolute Gasteiger partial charge is 0.481 e. The third kappa shape index (κ3) is 3.23. The Kier molecular flexibility index (Phi) is 4.18. The molecule has 0 spiro atoms. The maximum Gasteiger partial charge on any atom is 0.303 e. The molecular weight excluding hydrogens is 255 g/mol. The number of carboxylic acids is 1. The van der Waals surface area contributed by atoms with Crippen molar-refractivity contribution in [2.24, 2.45) is 0 Å². The molecule has 1 N–H and O–H groups in total. The number of aliphatic carboxylic acids is 1. The van der Waals surface area contributed by atoms with Gasteiger partial charge in [-0.15, -0.1) is 0 Å². The van der Waals surface area contributed by atoms with Crippen LogP contribution in [0.4, 0.5) is 4.39 Å². The Morgan fingerprint density at radius 1 is 1.10 bits per heavy atom. The molecule has 104 valence electrons. The van der Waals surface area contributed by atoms with Gasteiger partial charge in [0.25, 0.3) is 0 Å². The number of halogens is 1. The Morgan fingerprint density at radius 3 is 2.55 bits per heavy atom. The minimum Gasteiger partial charge on any atom is -0.481 e. The van der Waals surface area contributed by atoms with Crippen LogP contribution in [0.2, 0.25) is 0 Å². The normalized spacial score (nSPS) is 10.6. The summed E-state index contributed by atoms with van der Waals surface area (Å²) in [4.78, 5) is 10.6. The molecule has 2 aromatic rings. The summed E-state index contributed by atoms with van der Waals surface area (Å²) in [5.74, 6) is -1.12. The van der Waals surface area contributed by atoms with Crippen LogP contribution >= 0.6 is 0 Å². The van der Waals surface area contributed by atoms with Crippen LogP contribution in [-0.2, 0) is 11.2 Å². The van der Waals surface area contributed by atoms with Crippen LogP contribution in [0.1, 0.15) is 23.1 Å². The van der Waals surface area contributed by atoms with Crippen molar-refractivity contribution in [2.45, 2.75) is 26.7 Å². The predicted molar refractivity (Wildman–Crippen MR) is 77.3 cm³/mol. The van der Waals surface area contributed by atoms with Crippen LogP contribution < -0.4 is 0 Å². The van der Waals surface area contributed by atoms with Crippen molar-refractivity contribution in [3.8, 4) is 11.1 Å². The van der Waals surface area contributed by atoms with Crippen molar-refractivity contribution in [1.29, 1.82) is 0 Å². The van der Waals surface area contributed by atoms with Crippen molar-refractivity contribution in [3.05, 3.63) is 58.9 Å². The van der Waals surface area contributed by atoms with Gasteiger partial charge in [-0.05, 0) is 49.1 Å². The van der Waals surface area contributed by atoms with Gasteiger partial charge >= 0.3 is 5.97 Å². The molecule has 0 heterocycles. The van der Waals surface area contributed by atoms with E-state index < -0.39 is 5.97 Å². The first-order valence-corrected chi connectivity index (χ1v) is 6.55. The number of aryl methyl sites for hydroxylation is 3. The second kappa shape index (κ2) is 5.87. The zero-order valence-corrected chi connectivity index (χ0v) is 11.6. The molecule has 2 aromatic carbocycles. The smallest absolute Gasteiger partial charge is 0.303 e. The number of hydrogen-bond donors (Lipinski definition) is 1. The Balaban J connectivity index is 2.42. The summed E-state index contributed by atoms with van der Waals surface area (Å²) < 4.78 is 14.0. The first-order valence-electron chi connectivity index (χ1n) is 6.55. The SMILES string of the molecule is Cc1ccc(C)c(-c2cc(CCC(=O)O)ccc2F)c1. The Hall–Kier alpha value is -2.16. The number of carboxylic acid groups (broad SMARTS) is 1. The van der Waals surface area contributed by atoms with E-state index >= 15 is 0 Å². The molecule has 3 heteroatoms. The first kappa shape index (κ1) is 14.3. The average Bonchev–Trinajstić information content (AvgIpc) is 2.41. The van der Waals surface area contributed by atoms with Crippen molar-refractivity contribution in [1.82, 2.24) is 0 Å². The molecule has 0 aliphatic carbocycles. The van der Waals surface area contributed by atoms with Gasteiger partial charge in [-0.1, -0.05) is 29.8 Å². The third-order valence-corrected chi connectivity index (χ3v) is 3.34. The summed E-state index contributed by atoms with van der Waals surface area (Å²) in [5, 5.41) is 8.72. The summed E-state index contributed by atoms with van der Waals surface area (Å²) in [6.45, 7) is 3.91. The standard InChI is InChI=1S/C17H17FO2/c1-11-3-4-12(2)14(9-11)15-10-13(5-7-16(15)18)6-8-17(19)20/h3-5,7,9-10H,6,8H2,1-2H3,(H,19,20). The summed E-state index contributed by atoms with van der Waals surface area (Å²) in [6.07, 6.45) is 0.464. The van der Waals surface area contributed by atoms with Gasteiger partial charge < -0.3 is 5.11 Å². The van der Waals surface area contributed by atoms with Gasteiger partial charge in [-0.25, -0.2) is 4.39 Å². The van der Waals surface area contributed by atoms with Gasteiger partial charge in [0.1, 0.15) is 5.82 Å². The van der Waals surface area contributed by atoms with Gasteiger partial charge in [0.2, 0.25) is 0 Å². The van der Waals surface area contributed by atoms with Crippen molar-refractivity contribution in [3.63, 3.8) is 0 Å². The fraction of sp³-hybridized carbons (Fsp3) is 0.235. The van der Waals surface area contributed by atoms with Gasteiger partial charge in [-0.2, -0.15) is 0 Å². The van der Waals surface area contributed by atoms with Crippen LogP contribution in [-0.4, -0.2) is 11.1 Å². The highest BCUT2D eigenvalue weighted by atomic mass is 19.1. The van der Waals surface area contributed by atoms with Crippen LogP contribution in [0.5, 0.6) is 0 Å². The Morgan fingerprint density at radius 2 is 1.85 bits per heavy atom. The van der Waals surface area contributed by atoms with Crippen LogP contribution in [0.25, 0.3) is 11.1 Å². The summed E-state index contributed by atoms with van der Waals surface area (Å²) in [7, 11) is 0. The number of rotatable bonds is 4. The van der Waals surface area contributed by atoms with E-state index in [0.717, 1.165) is 22.3 Å². The fourth-order valence-electron chi connectivity index (χ4n) is 2.21. The monoisotopic (exact) mass is 272 g/mol. The predicted octanol–water partition coefficient (Wildman–Crippen LogP) is 4.13. The second-order valence-electron chi connectivity index (χ2n) is 5.03. The van der Waals surface area contributed by atoms with Gasteiger partial charge in [0.15, 0.2) is 0 Å². The summed E-state index contributed by atoms with van der Waals surface area (Å²) in [6, 6.07) is 10.7. The molecule has 0 bridgehead atoms. The van der Waals surface area contributed by atoms with E-state index in [9.17, 15) is 9.18 Å². The van der Waals surface area contributed by atoms with Crippen molar-refractivity contribution < 1.29 is 14.3 Å². The van der Waals surface area contributed by atoms with Crippen LogP contribution in [0.3, 0.4) is 0 Å². The molecule has 0 aromatic heterocycles. The maximum absolute atomic E-state index is 14.0. The minimum absolute atomic E-state index is 0.0534. The fourth-order valence-corrected chi connectivity index (χ4v) is 2.21. The Labute approximate surface area is 117 Å². The molecule has 0 aliphatic heterocycles. The molecule has 20 heavy (non-hydrogen) atoms. The molecule has 0 saturated carbocycles. The molecule has 0 unspecified atom stereocenters. The van der Waals surface area contributed by atoms with E-state index in [1.165, 1.54) is 6.07 Å². The van der Waals surface area contributed by atoms with Crippen molar-refractivity contribution >= 4 is 5.97 Å². The molecule has 0 aliphatic rings. The lowest BCUT2D eigenvalue weighted by molar-refractivity contribution is -0.136. The third-order valence-electron chi connectivity index (χ3n) is 3.34. The molecular formula is C17H17FO2. The quantitative estimate of drug-likeness (QED) is 0.908. The van der Waals surface area contributed by atoms with Gasteiger partial charge in [0.05, 0.1) is 0 Å². The van der Waals surface area contributed by atoms with Crippen LogP contribution in [0, 0.1) is 19.7 Å². The molecule has 0 fully saturated rings. The lowest BCUT2D eigenvalue weighted by Crippen LogP contribution is -1.98. The topological polar surface area (TPSA) is 37.3 Å². The lowest BCUT2D eigenvalue weighted by atomic mass is 9.95. The zero-order chi connectivity index (χ0) is 14.7. The summed E-state index contributed by atoms with van der Waals surface area (Å²) >= 11 is 0. The highest BCUT2D eigenvalue weighted by Crippen LogP contribution is 2.28. The summed E-state index contributed by atoms with van der Waals surface area (Å²) in [5.41, 5.74) is 4.31. The Bertz CT molecular complexity index is 647. The average molecular weight is 272 g/mol. The van der Waals surface area contributed by atoms with Gasteiger partial charge in [-0.3, -0.25) is 4.79 Å². The second-order valence-corrected chi connectivity index (χ2v) is 5.03. The number of carbonyl (C=O) groups is 1. The molecule has 0 saturated heterocycles. The zero-order valence-electron chi connectivity index (χ0n) is 11.6. The maximum atomic E-state index is 14.0. The molecule has 0 amide bonds. The van der Waals surface area contributed by atoms with E-state index in [2.05, 4.69) is 0 Å². The van der Waals surface area contributed by atoms with E-state index in [4.69, 9.17) is 5.11 Å². The van der Waals surface area contributed by atoms with E-state index in [-0.39, 0.29) is 12.2 Å². The molecule has 0 atom stereocenters. The lowest BCUT2D eigenvalue weighted by Gasteiger charge is -2.10. The molecule has 0 radical (unpaired) electrons. The highest BCUT2D eigenvalue weighted by molar-refractivity contribution is 5.70. The molecule has 2 rings (SSSR count). The number of benzene rings is 2.